The number of para-hydroxylation sites is 1. The van der Waals surface area contributed by atoms with Crippen LogP contribution in [0.2, 0.25) is 0 Å². The summed E-state index contributed by atoms with van der Waals surface area (Å²) < 4.78 is 6.69. The lowest BCUT2D eigenvalue weighted by molar-refractivity contribution is 0.669. The predicted molar refractivity (Wildman–Crippen MR) is 192 cm³/mol. The van der Waals surface area contributed by atoms with Crippen molar-refractivity contribution in [1.82, 2.24) is 4.98 Å². The third kappa shape index (κ3) is 4.41. The van der Waals surface area contributed by atoms with Gasteiger partial charge in [-0.1, -0.05) is 115 Å². The zero-order valence-corrected chi connectivity index (χ0v) is 25.0. The molecule has 9 aromatic rings. The Balaban J connectivity index is 1.30. The minimum Gasteiger partial charge on any atom is -0.454 e. The van der Waals surface area contributed by atoms with Crippen LogP contribution in [-0.4, -0.2) is 4.98 Å². The maximum atomic E-state index is 6.69. The van der Waals surface area contributed by atoms with Gasteiger partial charge in [-0.3, -0.25) is 4.98 Å². The van der Waals surface area contributed by atoms with Crippen molar-refractivity contribution in [2.45, 2.75) is 0 Å². The molecule has 0 spiro atoms. The molecule has 0 bridgehead atoms. The van der Waals surface area contributed by atoms with Gasteiger partial charge in [0, 0.05) is 33.7 Å². The summed E-state index contributed by atoms with van der Waals surface area (Å²) in [5.41, 5.74) is 10.2. The van der Waals surface area contributed by atoms with Crippen molar-refractivity contribution >= 4 is 60.7 Å². The molecule has 0 aliphatic carbocycles. The highest BCUT2D eigenvalue weighted by molar-refractivity contribution is 6.18. The number of hydrogen-bond acceptors (Lipinski definition) is 3. The Labute approximate surface area is 266 Å². The van der Waals surface area contributed by atoms with Crippen molar-refractivity contribution < 1.29 is 4.42 Å². The smallest absolute Gasteiger partial charge is 0.161 e. The highest BCUT2D eigenvalue weighted by Crippen LogP contribution is 2.46. The van der Waals surface area contributed by atoms with E-state index in [9.17, 15) is 0 Å². The van der Waals surface area contributed by atoms with E-state index in [1.165, 1.54) is 27.5 Å². The fourth-order valence-corrected chi connectivity index (χ4v) is 6.62. The molecule has 2 heterocycles. The van der Waals surface area contributed by atoms with Crippen LogP contribution in [0, 0.1) is 0 Å². The minimum atomic E-state index is 0.815. The number of aromatic nitrogens is 1. The van der Waals surface area contributed by atoms with Crippen LogP contribution in [0.4, 0.5) is 17.1 Å². The van der Waals surface area contributed by atoms with Crippen LogP contribution in [-0.2, 0) is 0 Å². The molecule has 0 atom stereocenters. The van der Waals surface area contributed by atoms with Crippen molar-refractivity contribution in [3.8, 4) is 22.3 Å². The van der Waals surface area contributed by atoms with Gasteiger partial charge in [0.1, 0.15) is 11.3 Å². The number of hydrogen-bond donors (Lipinski definition) is 0. The summed E-state index contributed by atoms with van der Waals surface area (Å²) >= 11 is 0. The second-order valence-electron chi connectivity index (χ2n) is 11.6. The average Bonchev–Trinajstić information content (AvgIpc) is 3.50. The van der Waals surface area contributed by atoms with Crippen LogP contribution in [0.25, 0.3) is 65.9 Å². The molecule has 0 saturated carbocycles. The largest absolute Gasteiger partial charge is 0.454 e. The molecule has 0 amide bonds. The molecular formula is C43H28N2O. The zero-order chi connectivity index (χ0) is 30.5. The van der Waals surface area contributed by atoms with E-state index in [-0.39, 0.29) is 0 Å². The summed E-state index contributed by atoms with van der Waals surface area (Å²) in [5.74, 6) is 0. The van der Waals surface area contributed by atoms with Gasteiger partial charge in [0.15, 0.2) is 5.58 Å². The Bertz CT molecular complexity index is 2530. The maximum Gasteiger partial charge on any atom is 0.161 e. The van der Waals surface area contributed by atoms with E-state index in [1.807, 2.05) is 30.5 Å². The molecule has 0 N–H and O–H groups in total. The van der Waals surface area contributed by atoms with Crippen LogP contribution >= 0.6 is 0 Å². The van der Waals surface area contributed by atoms with E-state index in [0.717, 1.165) is 55.5 Å². The van der Waals surface area contributed by atoms with Gasteiger partial charge in [0.05, 0.1) is 5.52 Å². The van der Waals surface area contributed by atoms with Gasteiger partial charge in [0.2, 0.25) is 0 Å². The quantitative estimate of drug-likeness (QED) is 0.200. The van der Waals surface area contributed by atoms with Gasteiger partial charge < -0.3 is 9.32 Å². The normalized spacial score (nSPS) is 11.5. The summed E-state index contributed by atoms with van der Waals surface area (Å²) in [6, 6.07) is 57.8. The third-order valence-electron chi connectivity index (χ3n) is 8.86. The molecule has 0 fully saturated rings. The molecule has 9 rings (SSSR count). The van der Waals surface area contributed by atoms with E-state index >= 15 is 0 Å². The molecule has 216 valence electrons. The van der Waals surface area contributed by atoms with E-state index < -0.39 is 0 Å². The van der Waals surface area contributed by atoms with Crippen molar-refractivity contribution in [2.24, 2.45) is 0 Å². The number of nitrogens with zero attached hydrogens (tertiary/aromatic N) is 2. The van der Waals surface area contributed by atoms with Crippen LogP contribution < -0.4 is 4.90 Å². The molecule has 0 radical (unpaired) electrons. The van der Waals surface area contributed by atoms with Gasteiger partial charge in [-0.2, -0.15) is 0 Å². The topological polar surface area (TPSA) is 29.3 Å². The first-order chi connectivity index (χ1) is 22.8. The SMILES string of the molecule is c1ccc(-c2ccc(N(c3cccc(-c4ccc5ccccc5c4)c3)c3c4ncccc4cc4c3oc3ccccc34)cc2)cc1. The van der Waals surface area contributed by atoms with Gasteiger partial charge in [-0.25, -0.2) is 0 Å². The Morgan fingerprint density at radius 3 is 2.02 bits per heavy atom. The Kier molecular flexibility index (Phi) is 6.14. The summed E-state index contributed by atoms with van der Waals surface area (Å²) in [6.45, 7) is 0. The van der Waals surface area contributed by atoms with Crippen LogP contribution in [0.3, 0.4) is 0 Å². The molecule has 0 saturated heterocycles. The fraction of sp³-hybridized carbons (Fsp3) is 0. The second-order valence-corrected chi connectivity index (χ2v) is 11.6. The third-order valence-corrected chi connectivity index (χ3v) is 8.86. The zero-order valence-electron chi connectivity index (χ0n) is 25.0. The van der Waals surface area contributed by atoms with Crippen LogP contribution in [0.5, 0.6) is 0 Å². The van der Waals surface area contributed by atoms with Crippen molar-refractivity contribution in [1.29, 1.82) is 0 Å². The summed E-state index contributed by atoms with van der Waals surface area (Å²) in [4.78, 5) is 7.26. The van der Waals surface area contributed by atoms with Gasteiger partial charge in [0.25, 0.3) is 0 Å². The molecule has 7 aromatic carbocycles. The molecule has 46 heavy (non-hydrogen) atoms. The summed E-state index contributed by atoms with van der Waals surface area (Å²) in [5, 5.41) is 5.68. The fourth-order valence-electron chi connectivity index (χ4n) is 6.62. The monoisotopic (exact) mass is 588 g/mol. The highest BCUT2D eigenvalue weighted by atomic mass is 16.3. The first-order valence-corrected chi connectivity index (χ1v) is 15.5. The highest BCUT2D eigenvalue weighted by Gasteiger charge is 2.24. The maximum absolute atomic E-state index is 6.69. The number of benzene rings is 7. The van der Waals surface area contributed by atoms with E-state index in [4.69, 9.17) is 9.40 Å². The first-order valence-electron chi connectivity index (χ1n) is 15.5. The average molecular weight is 589 g/mol. The number of anilines is 3. The van der Waals surface area contributed by atoms with Crippen molar-refractivity contribution in [2.75, 3.05) is 4.90 Å². The summed E-state index contributed by atoms with van der Waals surface area (Å²) in [6.07, 6.45) is 1.86. The lowest BCUT2D eigenvalue weighted by Gasteiger charge is -2.27. The van der Waals surface area contributed by atoms with E-state index in [2.05, 4.69) is 144 Å². The van der Waals surface area contributed by atoms with E-state index in [1.54, 1.807) is 0 Å². The molecule has 3 nitrogen and oxygen atoms in total. The minimum absolute atomic E-state index is 0.815. The van der Waals surface area contributed by atoms with E-state index in [0.29, 0.717) is 0 Å². The van der Waals surface area contributed by atoms with Gasteiger partial charge in [-0.05, 0) is 81.6 Å². The van der Waals surface area contributed by atoms with Crippen LogP contribution in [0.1, 0.15) is 0 Å². The van der Waals surface area contributed by atoms with Crippen LogP contribution in [0.15, 0.2) is 174 Å². The lowest BCUT2D eigenvalue weighted by Crippen LogP contribution is -2.11. The molecule has 0 aliphatic heterocycles. The first kappa shape index (κ1) is 26.2. The predicted octanol–water partition coefficient (Wildman–Crippen LogP) is 12.1. The molecule has 3 heteroatoms. The number of rotatable bonds is 5. The Hall–Kier alpha value is -6.19. The standard InChI is InChI=1S/C43H28N2O/c1-2-10-29(11-3-1)31-21-23-36(24-22-31)45(37-16-8-14-33(27-37)34-20-19-30-12-4-5-13-32(30)26-34)42-41-35(15-9-25-44-41)28-39-38-17-6-7-18-40(38)46-43(39)42/h1-28H. The van der Waals surface area contributed by atoms with Crippen molar-refractivity contribution in [3.05, 3.63) is 170 Å². The number of furan rings is 1. The second kappa shape index (κ2) is 10.8. The summed E-state index contributed by atoms with van der Waals surface area (Å²) in [7, 11) is 0. The van der Waals surface area contributed by atoms with Crippen molar-refractivity contribution in [3.63, 3.8) is 0 Å². The molecule has 0 aliphatic rings. The Morgan fingerprint density at radius 2 is 1.13 bits per heavy atom. The molecule has 2 aromatic heterocycles. The number of pyridine rings is 1. The molecular weight excluding hydrogens is 560 g/mol. The van der Waals surface area contributed by atoms with Gasteiger partial charge >= 0.3 is 0 Å². The molecule has 0 unspecified atom stereocenters. The number of fused-ring (bicyclic) bond motifs is 5. The van der Waals surface area contributed by atoms with Gasteiger partial charge in [-0.15, -0.1) is 0 Å². The Morgan fingerprint density at radius 1 is 0.435 bits per heavy atom. The lowest BCUT2D eigenvalue weighted by atomic mass is 10.00.